The lowest BCUT2D eigenvalue weighted by Crippen LogP contribution is -2.40. The van der Waals surface area contributed by atoms with E-state index in [2.05, 4.69) is 16.7 Å². The number of hydrogen-bond acceptors (Lipinski definition) is 2. The van der Waals surface area contributed by atoms with Gasteiger partial charge in [-0.3, -0.25) is 4.79 Å². The molecule has 1 aromatic rings. The number of benzene rings is 1. The molecule has 0 bridgehead atoms. The van der Waals surface area contributed by atoms with E-state index in [1.54, 1.807) is 0 Å². The SMILES string of the molecule is CCC(=O)N1CCc2cc(CNC(=O)N[C@H](C)CC)ccc21. The molecule has 1 aliphatic heterocycles. The van der Waals surface area contributed by atoms with Crippen LogP contribution in [0.3, 0.4) is 0 Å². The van der Waals surface area contributed by atoms with Crippen LogP contribution in [-0.4, -0.2) is 24.5 Å². The van der Waals surface area contributed by atoms with Crippen molar-refractivity contribution in [1.29, 1.82) is 0 Å². The lowest BCUT2D eigenvalue weighted by Gasteiger charge is -2.17. The number of nitrogens with one attached hydrogen (secondary N) is 2. The molecule has 2 N–H and O–H groups in total. The zero-order valence-electron chi connectivity index (χ0n) is 13.6. The summed E-state index contributed by atoms with van der Waals surface area (Å²) in [6.45, 7) is 7.16. The number of rotatable bonds is 5. The maximum Gasteiger partial charge on any atom is 0.315 e. The number of anilines is 1. The van der Waals surface area contributed by atoms with Crippen LogP contribution >= 0.6 is 0 Å². The van der Waals surface area contributed by atoms with E-state index in [1.807, 2.05) is 37.8 Å². The van der Waals surface area contributed by atoms with Crippen LogP contribution in [0.15, 0.2) is 18.2 Å². The second kappa shape index (κ2) is 7.29. The molecule has 1 aromatic carbocycles. The van der Waals surface area contributed by atoms with Crippen LogP contribution in [0.4, 0.5) is 10.5 Å². The Morgan fingerprint density at radius 1 is 1.32 bits per heavy atom. The summed E-state index contributed by atoms with van der Waals surface area (Å²) >= 11 is 0. The summed E-state index contributed by atoms with van der Waals surface area (Å²) in [5.41, 5.74) is 3.26. The Balaban J connectivity index is 1.95. The first-order valence-corrected chi connectivity index (χ1v) is 8.01. The van der Waals surface area contributed by atoms with Gasteiger partial charge in [-0.25, -0.2) is 4.79 Å². The number of urea groups is 1. The standard InChI is InChI=1S/C17H25N3O2/c1-4-12(3)19-17(22)18-11-13-6-7-15-14(10-13)8-9-20(15)16(21)5-2/h6-7,10,12H,4-5,8-9,11H2,1-3H3,(H2,18,19,22)/t12-/m1/s1. The van der Waals surface area contributed by atoms with Crippen molar-refractivity contribution in [2.24, 2.45) is 0 Å². The molecule has 0 spiro atoms. The minimum atomic E-state index is -0.141. The third kappa shape index (κ3) is 3.78. The van der Waals surface area contributed by atoms with E-state index in [4.69, 9.17) is 0 Å². The lowest BCUT2D eigenvalue weighted by molar-refractivity contribution is -0.118. The van der Waals surface area contributed by atoms with Crippen molar-refractivity contribution in [3.63, 3.8) is 0 Å². The molecule has 0 aliphatic carbocycles. The summed E-state index contributed by atoms with van der Waals surface area (Å²) in [6.07, 6.45) is 2.32. The van der Waals surface area contributed by atoms with Crippen molar-refractivity contribution in [3.05, 3.63) is 29.3 Å². The number of amides is 3. The molecule has 1 aliphatic rings. The summed E-state index contributed by atoms with van der Waals surface area (Å²) in [5, 5.41) is 5.75. The fourth-order valence-electron chi connectivity index (χ4n) is 2.57. The summed E-state index contributed by atoms with van der Waals surface area (Å²) in [5.74, 6) is 0.164. The fraction of sp³-hybridized carbons (Fsp3) is 0.529. The first-order valence-electron chi connectivity index (χ1n) is 8.01. The van der Waals surface area contributed by atoms with Crippen LogP contribution in [0.5, 0.6) is 0 Å². The molecule has 3 amide bonds. The molecule has 0 radical (unpaired) electrons. The van der Waals surface area contributed by atoms with E-state index < -0.39 is 0 Å². The average Bonchev–Trinajstić information content (AvgIpc) is 2.95. The first-order chi connectivity index (χ1) is 10.5. The van der Waals surface area contributed by atoms with Crippen LogP contribution in [-0.2, 0) is 17.8 Å². The average molecular weight is 303 g/mol. The topological polar surface area (TPSA) is 61.4 Å². The quantitative estimate of drug-likeness (QED) is 0.878. The zero-order chi connectivity index (χ0) is 16.1. The van der Waals surface area contributed by atoms with Gasteiger partial charge in [0, 0.05) is 31.2 Å². The highest BCUT2D eigenvalue weighted by Crippen LogP contribution is 2.29. The molecule has 0 aromatic heterocycles. The molecule has 5 nitrogen and oxygen atoms in total. The van der Waals surface area contributed by atoms with Crippen molar-refractivity contribution in [3.8, 4) is 0 Å². The van der Waals surface area contributed by atoms with Crippen LogP contribution < -0.4 is 15.5 Å². The van der Waals surface area contributed by atoms with Gasteiger partial charge >= 0.3 is 6.03 Å². The monoisotopic (exact) mass is 303 g/mol. The van der Waals surface area contributed by atoms with E-state index in [9.17, 15) is 9.59 Å². The minimum absolute atomic E-state index is 0.141. The smallest absolute Gasteiger partial charge is 0.315 e. The lowest BCUT2D eigenvalue weighted by atomic mass is 10.1. The van der Waals surface area contributed by atoms with Gasteiger partial charge in [0.15, 0.2) is 0 Å². The molecule has 0 unspecified atom stereocenters. The van der Waals surface area contributed by atoms with Crippen molar-refractivity contribution in [1.82, 2.24) is 10.6 Å². The van der Waals surface area contributed by atoms with Crippen molar-refractivity contribution in [2.45, 2.75) is 52.6 Å². The molecule has 2 rings (SSSR count). The number of hydrogen-bond donors (Lipinski definition) is 2. The number of carbonyl (C=O) groups excluding carboxylic acids is 2. The highest BCUT2D eigenvalue weighted by atomic mass is 16.2. The molecule has 0 saturated heterocycles. The van der Waals surface area contributed by atoms with E-state index in [1.165, 1.54) is 5.56 Å². The van der Waals surface area contributed by atoms with Gasteiger partial charge in [-0.1, -0.05) is 26.0 Å². The molecule has 0 fully saturated rings. The van der Waals surface area contributed by atoms with Crippen LogP contribution in [0.1, 0.15) is 44.7 Å². The van der Waals surface area contributed by atoms with E-state index in [0.29, 0.717) is 13.0 Å². The van der Waals surface area contributed by atoms with Gasteiger partial charge in [0.25, 0.3) is 0 Å². The van der Waals surface area contributed by atoms with Crippen LogP contribution in [0, 0.1) is 0 Å². The van der Waals surface area contributed by atoms with Gasteiger partial charge in [0.1, 0.15) is 0 Å². The fourth-order valence-corrected chi connectivity index (χ4v) is 2.57. The predicted octanol–water partition coefficient (Wildman–Crippen LogP) is 2.58. The third-order valence-electron chi connectivity index (χ3n) is 4.09. The van der Waals surface area contributed by atoms with E-state index in [-0.39, 0.29) is 18.0 Å². The molecule has 120 valence electrons. The maximum absolute atomic E-state index is 11.9. The Hall–Kier alpha value is -2.04. The molecule has 5 heteroatoms. The van der Waals surface area contributed by atoms with Gasteiger partial charge in [-0.2, -0.15) is 0 Å². The number of nitrogens with zero attached hydrogens (tertiary/aromatic N) is 1. The summed E-state index contributed by atoms with van der Waals surface area (Å²) in [6, 6.07) is 6.08. The van der Waals surface area contributed by atoms with Crippen molar-refractivity contribution < 1.29 is 9.59 Å². The van der Waals surface area contributed by atoms with E-state index in [0.717, 1.165) is 30.6 Å². The summed E-state index contributed by atoms with van der Waals surface area (Å²) < 4.78 is 0. The largest absolute Gasteiger partial charge is 0.336 e. The highest BCUT2D eigenvalue weighted by molar-refractivity contribution is 5.95. The van der Waals surface area contributed by atoms with Gasteiger partial charge in [-0.05, 0) is 37.0 Å². The second-order valence-electron chi connectivity index (χ2n) is 5.75. The normalized spacial score (nSPS) is 14.4. The highest BCUT2D eigenvalue weighted by Gasteiger charge is 2.23. The van der Waals surface area contributed by atoms with Crippen molar-refractivity contribution in [2.75, 3.05) is 11.4 Å². The van der Waals surface area contributed by atoms with Gasteiger partial charge in [-0.15, -0.1) is 0 Å². The Bertz CT molecular complexity index is 557. The van der Waals surface area contributed by atoms with Crippen LogP contribution in [0.2, 0.25) is 0 Å². The van der Waals surface area contributed by atoms with Gasteiger partial charge in [0.2, 0.25) is 5.91 Å². The molecule has 22 heavy (non-hydrogen) atoms. The molecular formula is C17H25N3O2. The molecule has 0 saturated carbocycles. The molecule has 1 heterocycles. The Labute approximate surface area is 132 Å². The molecule has 1 atom stereocenters. The second-order valence-corrected chi connectivity index (χ2v) is 5.75. The maximum atomic E-state index is 11.9. The predicted molar refractivity (Wildman–Crippen MR) is 87.9 cm³/mol. The Morgan fingerprint density at radius 2 is 2.09 bits per heavy atom. The van der Waals surface area contributed by atoms with Crippen LogP contribution in [0.25, 0.3) is 0 Å². The van der Waals surface area contributed by atoms with Crippen molar-refractivity contribution >= 4 is 17.6 Å². The van der Waals surface area contributed by atoms with E-state index >= 15 is 0 Å². The van der Waals surface area contributed by atoms with Gasteiger partial charge in [0.05, 0.1) is 0 Å². The summed E-state index contributed by atoms with van der Waals surface area (Å²) in [4.78, 5) is 25.4. The Morgan fingerprint density at radius 3 is 2.77 bits per heavy atom. The number of fused-ring (bicyclic) bond motifs is 1. The zero-order valence-corrected chi connectivity index (χ0v) is 13.6. The first kappa shape index (κ1) is 16.3. The number of carbonyl (C=O) groups is 2. The molecular weight excluding hydrogens is 278 g/mol. The third-order valence-corrected chi connectivity index (χ3v) is 4.09. The van der Waals surface area contributed by atoms with Gasteiger partial charge < -0.3 is 15.5 Å². The summed E-state index contributed by atoms with van der Waals surface area (Å²) in [7, 11) is 0. The minimum Gasteiger partial charge on any atom is -0.336 e. The Kier molecular flexibility index (Phi) is 5.41.